The van der Waals surface area contributed by atoms with Gasteiger partial charge in [0.2, 0.25) is 5.91 Å². The standard InChI is InChI=1S/C27H30N2O4/c1-3-18-15-20(4-2)24(32-17-18)23-22-25(33-29(23)21-13-9-6-10-14-21)27(31)28(26(22)30)16-19-11-7-5-8-12-19/h5-14,17,20,22-25H,3-4,15-16H2,1-2H3. The maximum Gasteiger partial charge on any atom is 0.262 e. The van der Waals surface area contributed by atoms with Crippen LogP contribution in [0.2, 0.25) is 0 Å². The average molecular weight is 447 g/mol. The molecular weight excluding hydrogens is 416 g/mol. The Morgan fingerprint density at radius 1 is 0.939 bits per heavy atom. The number of hydrogen-bond acceptors (Lipinski definition) is 5. The van der Waals surface area contributed by atoms with E-state index in [1.807, 2.05) is 66.9 Å². The lowest BCUT2D eigenvalue weighted by Crippen LogP contribution is -2.50. The summed E-state index contributed by atoms with van der Waals surface area (Å²) >= 11 is 0. The number of fused-ring (bicyclic) bond motifs is 1. The third-order valence-electron chi connectivity index (χ3n) is 7.14. The van der Waals surface area contributed by atoms with E-state index in [-0.39, 0.29) is 36.4 Å². The normalized spacial score (nSPS) is 29.2. The van der Waals surface area contributed by atoms with Crippen molar-refractivity contribution in [1.82, 2.24) is 4.90 Å². The summed E-state index contributed by atoms with van der Waals surface area (Å²) in [6.07, 6.45) is 3.59. The molecule has 3 heterocycles. The van der Waals surface area contributed by atoms with Gasteiger partial charge in [-0.15, -0.1) is 0 Å². The second-order valence-electron chi connectivity index (χ2n) is 9.05. The molecule has 172 valence electrons. The van der Waals surface area contributed by atoms with E-state index in [9.17, 15) is 9.59 Å². The van der Waals surface area contributed by atoms with Crippen molar-refractivity contribution in [3.05, 3.63) is 78.1 Å². The second kappa shape index (κ2) is 9.02. The number of imide groups is 1. The van der Waals surface area contributed by atoms with E-state index in [0.717, 1.165) is 30.5 Å². The maximum atomic E-state index is 13.7. The number of likely N-dealkylation sites (tertiary alicyclic amines) is 1. The molecule has 2 saturated heterocycles. The lowest BCUT2D eigenvalue weighted by atomic mass is 9.80. The molecule has 2 aromatic rings. The smallest absolute Gasteiger partial charge is 0.262 e. The first-order valence-corrected chi connectivity index (χ1v) is 11.9. The van der Waals surface area contributed by atoms with Gasteiger partial charge >= 0.3 is 0 Å². The largest absolute Gasteiger partial charge is 0.495 e. The summed E-state index contributed by atoms with van der Waals surface area (Å²) in [6, 6.07) is 18.9. The van der Waals surface area contributed by atoms with Gasteiger partial charge in [-0.05, 0) is 42.5 Å². The molecule has 0 aliphatic carbocycles. The third-order valence-corrected chi connectivity index (χ3v) is 7.14. The summed E-state index contributed by atoms with van der Waals surface area (Å²) < 4.78 is 6.30. The highest BCUT2D eigenvalue weighted by Crippen LogP contribution is 2.44. The Morgan fingerprint density at radius 2 is 1.64 bits per heavy atom. The predicted octanol–water partition coefficient (Wildman–Crippen LogP) is 4.47. The molecule has 0 spiro atoms. The van der Waals surface area contributed by atoms with Crippen LogP contribution < -0.4 is 5.06 Å². The Hall–Kier alpha value is -3.12. The maximum absolute atomic E-state index is 13.7. The molecule has 5 unspecified atom stereocenters. The van der Waals surface area contributed by atoms with Gasteiger partial charge in [0.05, 0.1) is 18.5 Å². The number of ether oxygens (including phenoxy) is 1. The summed E-state index contributed by atoms with van der Waals surface area (Å²) in [4.78, 5) is 34.6. The number of hydrogen-bond donors (Lipinski definition) is 0. The molecule has 0 saturated carbocycles. The molecule has 0 radical (unpaired) electrons. The molecule has 33 heavy (non-hydrogen) atoms. The number of benzene rings is 2. The highest BCUT2D eigenvalue weighted by atomic mass is 16.7. The summed E-state index contributed by atoms with van der Waals surface area (Å²) in [7, 11) is 0. The molecule has 5 rings (SSSR count). The van der Waals surface area contributed by atoms with E-state index in [4.69, 9.17) is 9.57 Å². The summed E-state index contributed by atoms with van der Waals surface area (Å²) in [5.41, 5.74) is 3.03. The van der Waals surface area contributed by atoms with Crippen molar-refractivity contribution in [3.63, 3.8) is 0 Å². The van der Waals surface area contributed by atoms with Gasteiger partial charge in [-0.2, -0.15) is 0 Å². The first-order chi connectivity index (χ1) is 16.1. The van der Waals surface area contributed by atoms with Gasteiger partial charge in [-0.25, -0.2) is 5.06 Å². The fraction of sp³-hybridized carbons (Fsp3) is 0.407. The Kier molecular flexibility index (Phi) is 5.94. The zero-order valence-corrected chi connectivity index (χ0v) is 19.1. The van der Waals surface area contributed by atoms with Crippen molar-refractivity contribution in [2.24, 2.45) is 11.8 Å². The average Bonchev–Trinajstić information content (AvgIpc) is 3.36. The number of rotatable bonds is 6. The molecule has 6 heteroatoms. The monoisotopic (exact) mass is 446 g/mol. The number of carbonyl (C=O) groups is 2. The molecule has 6 nitrogen and oxygen atoms in total. The predicted molar refractivity (Wildman–Crippen MR) is 125 cm³/mol. The number of carbonyl (C=O) groups excluding carboxylic acids is 2. The number of anilines is 1. The Bertz CT molecular complexity index is 1040. The van der Waals surface area contributed by atoms with Crippen molar-refractivity contribution in [3.8, 4) is 0 Å². The molecule has 3 aliphatic rings. The number of allylic oxidation sites excluding steroid dienone is 1. The van der Waals surface area contributed by atoms with Crippen molar-refractivity contribution in [2.45, 2.75) is 57.9 Å². The van der Waals surface area contributed by atoms with Gasteiger partial charge in [0.15, 0.2) is 6.10 Å². The zero-order valence-electron chi connectivity index (χ0n) is 19.1. The van der Waals surface area contributed by atoms with Crippen molar-refractivity contribution in [1.29, 1.82) is 0 Å². The summed E-state index contributed by atoms with van der Waals surface area (Å²) in [6.45, 7) is 4.55. The lowest BCUT2D eigenvalue weighted by molar-refractivity contribution is -0.144. The highest BCUT2D eigenvalue weighted by Gasteiger charge is 2.62. The number of amides is 2. The first-order valence-electron chi connectivity index (χ1n) is 11.9. The molecule has 5 atom stereocenters. The van der Waals surface area contributed by atoms with Crippen LogP contribution in [0.3, 0.4) is 0 Å². The van der Waals surface area contributed by atoms with Gasteiger partial charge in [0.25, 0.3) is 5.91 Å². The lowest BCUT2D eigenvalue weighted by Gasteiger charge is -2.39. The minimum Gasteiger partial charge on any atom is -0.495 e. The van der Waals surface area contributed by atoms with Crippen LogP contribution in [0.15, 0.2) is 72.5 Å². The number of para-hydroxylation sites is 1. The Morgan fingerprint density at radius 3 is 2.30 bits per heavy atom. The topological polar surface area (TPSA) is 59.1 Å². The first kappa shape index (κ1) is 21.7. The molecule has 0 N–H and O–H groups in total. The van der Waals surface area contributed by atoms with E-state index in [1.54, 1.807) is 5.06 Å². The van der Waals surface area contributed by atoms with Crippen molar-refractivity contribution < 1.29 is 19.2 Å². The van der Waals surface area contributed by atoms with E-state index >= 15 is 0 Å². The fourth-order valence-corrected chi connectivity index (χ4v) is 5.32. The van der Waals surface area contributed by atoms with Crippen LogP contribution in [-0.4, -0.2) is 35.0 Å². The molecular formula is C27H30N2O4. The Balaban J connectivity index is 1.50. The van der Waals surface area contributed by atoms with E-state index in [0.29, 0.717) is 0 Å². The number of nitrogens with zero attached hydrogens (tertiary/aromatic N) is 2. The highest BCUT2D eigenvalue weighted by molar-refractivity contribution is 6.07. The molecule has 0 bridgehead atoms. The molecule has 2 amide bonds. The van der Waals surface area contributed by atoms with Crippen molar-refractivity contribution >= 4 is 17.5 Å². The van der Waals surface area contributed by atoms with Crippen molar-refractivity contribution in [2.75, 3.05) is 5.06 Å². The fourth-order valence-electron chi connectivity index (χ4n) is 5.32. The van der Waals surface area contributed by atoms with Crippen LogP contribution in [-0.2, 0) is 25.7 Å². The Labute approximate surface area is 194 Å². The zero-order chi connectivity index (χ0) is 22.9. The van der Waals surface area contributed by atoms with Crippen LogP contribution >= 0.6 is 0 Å². The molecule has 0 aromatic heterocycles. The van der Waals surface area contributed by atoms with E-state index < -0.39 is 12.0 Å². The van der Waals surface area contributed by atoms with E-state index in [2.05, 4.69) is 13.8 Å². The van der Waals surface area contributed by atoms with Crippen LogP contribution in [0.5, 0.6) is 0 Å². The molecule has 2 aromatic carbocycles. The summed E-state index contributed by atoms with van der Waals surface area (Å²) in [5.74, 6) is -0.807. The minimum absolute atomic E-state index is 0.180. The SMILES string of the molecule is CCC1=COC(C2C3C(=O)N(Cc4ccccc4)C(=O)C3ON2c2ccccc2)C(CC)C1. The van der Waals surface area contributed by atoms with Crippen LogP contribution in [0.4, 0.5) is 5.69 Å². The van der Waals surface area contributed by atoms with Gasteiger partial charge in [-0.1, -0.05) is 62.4 Å². The van der Waals surface area contributed by atoms with Gasteiger partial charge in [0, 0.05) is 5.92 Å². The quantitative estimate of drug-likeness (QED) is 0.613. The van der Waals surface area contributed by atoms with Gasteiger partial charge in [-0.3, -0.25) is 19.3 Å². The van der Waals surface area contributed by atoms with Crippen LogP contribution in [0.25, 0.3) is 0 Å². The third kappa shape index (κ3) is 3.82. The van der Waals surface area contributed by atoms with Gasteiger partial charge in [0.1, 0.15) is 18.1 Å². The van der Waals surface area contributed by atoms with Crippen LogP contribution in [0, 0.1) is 11.8 Å². The minimum atomic E-state index is -0.830. The second-order valence-corrected chi connectivity index (χ2v) is 9.05. The number of hydroxylamine groups is 1. The van der Waals surface area contributed by atoms with Gasteiger partial charge < -0.3 is 4.74 Å². The van der Waals surface area contributed by atoms with E-state index in [1.165, 1.54) is 10.5 Å². The summed E-state index contributed by atoms with van der Waals surface area (Å²) in [5, 5.41) is 1.77. The van der Waals surface area contributed by atoms with Crippen LogP contribution in [0.1, 0.15) is 38.7 Å². The molecule has 2 fully saturated rings. The molecule has 3 aliphatic heterocycles.